The normalized spacial score (nSPS) is 25.4. The fourth-order valence-corrected chi connectivity index (χ4v) is 5.63. The van der Waals surface area contributed by atoms with Crippen molar-refractivity contribution in [3.63, 3.8) is 0 Å². The SMILES string of the molecule is CC(C)(C)C[C@H](NC(=O)NC1CCCCC1)C(=O)N1C[C@]2(C[C@H]1C#N)C(=O)Nc1ccccc12. The van der Waals surface area contributed by atoms with Gasteiger partial charge in [-0.3, -0.25) is 9.59 Å². The van der Waals surface area contributed by atoms with Gasteiger partial charge in [-0.05, 0) is 36.3 Å². The van der Waals surface area contributed by atoms with Gasteiger partial charge in [0.25, 0.3) is 0 Å². The van der Waals surface area contributed by atoms with Crippen molar-refractivity contribution in [1.29, 1.82) is 5.26 Å². The van der Waals surface area contributed by atoms with Crippen LogP contribution in [-0.4, -0.2) is 47.4 Å². The topological polar surface area (TPSA) is 114 Å². The van der Waals surface area contributed by atoms with E-state index in [2.05, 4.69) is 22.0 Å². The summed E-state index contributed by atoms with van der Waals surface area (Å²) in [7, 11) is 0. The van der Waals surface area contributed by atoms with Gasteiger partial charge in [-0.2, -0.15) is 5.26 Å². The molecular weight excluding hydrogens is 430 g/mol. The van der Waals surface area contributed by atoms with Gasteiger partial charge in [0.2, 0.25) is 11.8 Å². The van der Waals surface area contributed by atoms with Gasteiger partial charge < -0.3 is 20.9 Å². The third kappa shape index (κ3) is 4.75. The number of hydrogen-bond donors (Lipinski definition) is 3. The van der Waals surface area contributed by atoms with Crippen molar-refractivity contribution < 1.29 is 14.4 Å². The number of hydrogen-bond acceptors (Lipinski definition) is 4. The molecule has 4 rings (SSSR count). The smallest absolute Gasteiger partial charge is 0.315 e. The molecule has 8 nitrogen and oxygen atoms in total. The van der Waals surface area contributed by atoms with Crippen molar-refractivity contribution in [2.45, 2.75) is 89.3 Å². The quantitative estimate of drug-likeness (QED) is 0.632. The molecule has 0 unspecified atom stereocenters. The molecule has 0 radical (unpaired) electrons. The van der Waals surface area contributed by atoms with E-state index in [-0.39, 0.29) is 42.3 Å². The average Bonchev–Trinajstić information content (AvgIpc) is 3.31. The Morgan fingerprint density at radius 3 is 2.62 bits per heavy atom. The fourth-order valence-electron chi connectivity index (χ4n) is 5.63. The highest BCUT2D eigenvalue weighted by Gasteiger charge is 2.56. The average molecular weight is 466 g/mol. The molecule has 0 aromatic heterocycles. The van der Waals surface area contributed by atoms with Crippen LogP contribution in [0.3, 0.4) is 0 Å². The Hall–Kier alpha value is -3.08. The minimum atomic E-state index is -0.941. The fraction of sp³-hybridized carbons (Fsp3) is 0.615. The zero-order chi connectivity index (χ0) is 24.5. The minimum Gasteiger partial charge on any atom is -0.335 e. The summed E-state index contributed by atoms with van der Waals surface area (Å²) in [6.45, 7) is 6.17. The second-order valence-corrected chi connectivity index (χ2v) is 11.2. The first-order valence-corrected chi connectivity index (χ1v) is 12.3. The highest BCUT2D eigenvalue weighted by molar-refractivity contribution is 6.07. The van der Waals surface area contributed by atoms with E-state index >= 15 is 0 Å². The van der Waals surface area contributed by atoms with Gasteiger partial charge in [-0.1, -0.05) is 58.2 Å². The zero-order valence-electron chi connectivity index (χ0n) is 20.3. The lowest BCUT2D eigenvalue weighted by Gasteiger charge is -2.32. The molecule has 3 N–H and O–H groups in total. The van der Waals surface area contributed by atoms with Gasteiger partial charge in [-0.25, -0.2) is 4.79 Å². The first kappa shape index (κ1) is 24.1. The number of urea groups is 1. The lowest BCUT2D eigenvalue weighted by molar-refractivity contribution is -0.134. The van der Waals surface area contributed by atoms with E-state index in [0.717, 1.165) is 36.9 Å². The second kappa shape index (κ2) is 9.28. The molecule has 4 amide bonds. The van der Waals surface area contributed by atoms with E-state index in [1.54, 1.807) is 0 Å². The number of nitrogens with zero attached hydrogens (tertiary/aromatic N) is 2. The van der Waals surface area contributed by atoms with E-state index in [1.807, 2.05) is 45.0 Å². The number of likely N-dealkylation sites (tertiary alicyclic amines) is 1. The van der Waals surface area contributed by atoms with Crippen LogP contribution in [0, 0.1) is 16.7 Å². The number of nitrogens with one attached hydrogen (secondary N) is 3. The van der Waals surface area contributed by atoms with Crippen LogP contribution in [-0.2, 0) is 15.0 Å². The zero-order valence-corrected chi connectivity index (χ0v) is 20.3. The largest absolute Gasteiger partial charge is 0.335 e. The highest BCUT2D eigenvalue weighted by Crippen LogP contribution is 2.46. The number of benzene rings is 1. The van der Waals surface area contributed by atoms with Gasteiger partial charge in [0, 0.05) is 24.7 Å². The molecule has 1 saturated heterocycles. The van der Waals surface area contributed by atoms with Crippen LogP contribution in [0.2, 0.25) is 0 Å². The third-order valence-electron chi connectivity index (χ3n) is 7.28. The van der Waals surface area contributed by atoms with Crippen LogP contribution in [0.1, 0.15) is 71.3 Å². The first-order valence-electron chi connectivity index (χ1n) is 12.3. The molecule has 3 atom stereocenters. The highest BCUT2D eigenvalue weighted by atomic mass is 16.2. The molecule has 1 aromatic rings. The number of carbonyl (C=O) groups is 3. The molecule has 8 heteroatoms. The van der Waals surface area contributed by atoms with E-state index in [1.165, 1.54) is 11.3 Å². The van der Waals surface area contributed by atoms with Crippen LogP contribution >= 0.6 is 0 Å². The lowest BCUT2D eigenvalue weighted by Crippen LogP contribution is -2.55. The van der Waals surface area contributed by atoms with Gasteiger partial charge in [-0.15, -0.1) is 0 Å². The number of fused-ring (bicyclic) bond motifs is 2. The van der Waals surface area contributed by atoms with Crippen LogP contribution in [0.15, 0.2) is 24.3 Å². The van der Waals surface area contributed by atoms with Crippen LogP contribution < -0.4 is 16.0 Å². The second-order valence-electron chi connectivity index (χ2n) is 11.2. The third-order valence-corrected chi connectivity index (χ3v) is 7.28. The molecule has 34 heavy (non-hydrogen) atoms. The summed E-state index contributed by atoms with van der Waals surface area (Å²) in [6.07, 6.45) is 5.95. The van der Waals surface area contributed by atoms with Crippen LogP contribution in [0.25, 0.3) is 0 Å². The Morgan fingerprint density at radius 1 is 1.24 bits per heavy atom. The standard InChI is InChI=1S/C26H35N5O3/c1-25(2,3)14-21(30-24(34)28-17-9-5-4-6-10-17)22(32)31-16-26(13-18(31)15-27)19-11-7-8-12-20(19)29-23(26)33/h7-8,11-12,17-18,21H,4-6,9-10,13-14,16H2,1-3H3,(H,29,33)(H2,28,30,34)/t18-,21-,26-/m0/s1. The molecule has 2 heterocycles. The summed E-state index contributed by atoms with van der Waals surface area (Å²) in [5, 5.41) is 18.7. The number of rotatable bonds is 4. The van der Waals surface area contributed by atoms with Gasteiger partial charge in [0.1, 0.15) is 12.1 Å². The maximum absolute atomic E-state index is 13.8. The van der Waals surface area contributed by atoms with E-state index < -0.39 is 17.5 Å². The summed E-state index contributed by atoms with van der Waals surface area (Å²) in [4.78, 5) is 41.1. The summed E-state index contributed by atoms with van der Waals surface area (Å²) < 4.78 is 0. The Balaban J connectivity index is 1.55. The Bertz CT molecular complexity index is 1000. The number of amides is 4. The molecule has 182 valence electrons. The number of para-hydroxylation sites is 1. The Morgan fingerprint density at radius 2 is 1.94 bits per heavy atom. The molecule has 2 fully saturated rings. The van der Waals surface area contributed by atoms with Crippen LogP contribution in [0.4, 0.5) is 10.5 Å². The van der Waals surface area contributed by atoms with Crippen molar-refractivity contribution >= 4 is 23.5 Å². The Kier molecular flexibility index (Phi) is 6.57. The van der Waals surface area contributed by atoms with Gasteiger partial charge in [0.15, 0.2) is 0 Å². The molecule has 1 aromatic carbocycles. The molecule has 2 aliphatic heterocycles. The Labute approximate surface area is 201 Å². The predicted octanol–water partition coefficient (Wildman–Crippen LogP) is 3.44. The van der Waals surface area contributed by atoms with Gasteiger partial charge in [0.05, 0.1) is 11.5 Å². The summed E-state index contributed by atoms with van der Waals surface area (Å²) in [5.74, 6) is -0.492. The van der Waals surface area contributed by atoms with E-state index in [4.69, 9.17) is 0 Å². The number of nitriles is 1. The lowest BCUT2D eigenvalue weighted by atomic mass is 9.80. The first-order chi connectivity index (χ1) is 16.1. The maximum Gasteiger partial charge on any atom is 0.315 e. The van der Waals surface area contributed by atoms with Crippen molar-refractivity contribution in [2.75, 3.05) is 11.9 Å². The predicted molar refractivity (Wildman–Crippen MR) is 129 cm³/mol. The molecule has 0 bridgehead atoms. The number of carbonyl (C=O) groups excluding carboxylic acids is 3. The van der Waals surface area contributed by atoms with Crippen molar-refractivity contribution in [1.82, 2.24) is 15.5 Å². The molecule has 3 aliphatic rings. The van der Waals surface area contributed by atoms with Crippen LogP contribution in [0.5, 0.6) is 0 Å². The molecular formula is C26H35N5O3. The summed E-state index contributed by atoms with van der Waals surface area (Å²) in [6, 6.07) is 7.93. The molecule has 1 aliphatic carbocycles. The monoisotopic (exact) mass is 465 g/mol. The van der Waals surface area contributed by atoms with E-state index in [9.17, 15) is 19.6 Å². The minimum absolute atomic E-state index is 0.124. The summed E-state index contributed by atoms with van der Waals surface area (Å²) >= 11 is 0. The van der Waals surface area contributed by atoms with Crippen molar-refractivity contribution in [2.24, 2.45) is 5.41 Å². The maximum atomic E-state index is 13.8. The van der Waals surface area contributed by atoms with E-state index in [0.29, 0.717) is 6.42 Å². The summed E-state index contributed by atoms with van der Waals surface area (Å²) in [5.41, 5.74) is 0.388. The van der Waals surface area contributed by atoms with Crippen molar-refractivity contribution in [3.05, 3.63) is 29.8 Å². The number of anilines is 1. The van der Waals surface area contributed by atoms with Gasteiger partial charge >= 0.3 is 6.03 Å². The van der Waals surface area contributed by atoms with Crippen molar-refractivity contribution in [3.8, 4) is 6.07 Å². The molecule has 1 spiro atoms. The molecule has 1 saturated carbocycles.